The quantitative estimate of drug-likeness (QED) is 0.368. The van der Waals surface area contributed by atoms with Crippen LogP contribution >= 0.6 is 11.6 Å². The lowest BCUT2D eigenvalue weighted by Gasteiger charge is -2.37. The highest BCUT2D eigenvalue weighted by molar-refractivity contribution is 6.32. The van der Waals surface area contributed by atoms with Crippen LogP contribution in [0.4, 0.5) is 0 Å². The lowest BCUT2D eigenvalue weighted by Crippen LogP contribution is -2.36. The molecule has 0 unspecified atom stereocenters. The van der Waals surface area contributed by atoms with Crippen LogP contribution < -0.4 is 14.8 Å². The highest BCUT2D eigenvalue weighted by atomic mass is 35.5. The van der Waals surface area contributed by atoms with Gasteiger partial charge in [-0.1, -0.05) is 54.1 Å². The topological polar surface area (TPSA) is 64.6 Å². The average molecular weight is 528 g/mol. The number of hydrogen-bond acceptors (Lipinski definition) is 5. The predicted octanol–water partition coefficient (Wildman–Crippen LogP) is 7.17. The molecule has 6 rings (SSSR count). The van der Waals surface area contributed by atoms with E-state index in [0.29, 0.717) is 53.7 Å². The van der Waals surface area contributed by atoms with Crippen LogP contribution in [0.15, 0.2) is 77.1 Å². The van der Waals surface area contributed by atoms with E-state index in [-0.39, 0.29) is 11.6 Å². The molecular weight excluding hydrogens is 498 g/mol. The summed E-state index contributed by atoms with van der Waals surface area (Å²) in [5, 5.41) is 6.14. The van der Waals surface area contributed by atoms with Crippen molar-refractivity contribution in [2.45, 2.75) is 58.0 Å². The highest BCUT2D eigenvalue weighted by Crippen LogP contribution is 2.48. The minimum atomic E-state index is -0.439. The molecule has 0 atom stereocenters. The van der Waals surface area contributed by atoms with E-state index >= 15 is 0 Å². The van der Waals surface area contributed by atoms with Crippen molar-refractivity contribution in [1.29, 1.82) is 0 Å². The number of carbonyl (C=O) groups is 2. The van der Waals surface area contributed by atoms with Crippen LogP contribution in [0.5, 0.6) is 11.5 Å². The van der Waals surface area contributed by atoms with Crippen molar-refractivity contribution in [3.05, 3.63) is 93.3 Å². The number of benzene rings is 3. The van der Waals surface area contributed by atoms with Crippen LogP contribution in [0.1, 0.15) is 62.5 Å². The molecule has 0 saturated heterocycles. The van der Waals surface area contributed by atoms with Gasteiger partial charge in [-0.15, -0.1) is 0 Å². The number of fused-ring (bicyclic) bond motifs is 1. The lowest BCUT2D eigenvalue weighted by molar-refractivity contribution is -0.117. The summed E-state index contributed by atoms with van der Waals surface area (Å²) in [6.07, 6.45) is 4.24. The maximum absolute atomic E-state index is 13.2. The fourth-order valence-corrected chi connectivity index (χ4v) is 6.32. The van der Waals surface area contributed by atoms with Gasteiger partial charge in [0.05, 0.1) is 11.6 Å². The molecular formula is C32H30ClNO4. The zero-order valence-electron chi connectivity index (χ0n) is 21.4. The SMILES string of the molecule is CCOc1cc(C2C3=C(CCCC3=O)NC3=C2C(=O)CCC3)cc(Cl)c1OCc1cccc2ccccc12. The van der Waals surface area contributed by atoms with E-state index in [1.54, 1.807) is 0 Å². The molecule has 194 valence electrons. The Morgan fingerprint density at radius 3 is 2.26 bits per heavy atom. The van der Waals surface area contributed by atoms with Crippen LogP contribution in [0.2, 0.25) is 5.02 Å². The van der Waals surface area contributed by atoms with Crippen LogP contribution in [0, 0.1) is 0 Å². The van der Waals surface area contributed by atoms with Gasteiger partial charge < -0.3 is 14.8 Å². The van der Waals surface area contributed by atoms with E-state index in [2.05, 4.69) is 23.5 Å². The molecule has 0 amide bonds. The molecule has 38 heavy (non-hydrogen) atoms. The Labute approximate surface area is 227 Å². The monoisotopic (exact) mass is 527 g/mol. The fourth-order valence-electron chi connectivity index (χ4n) is 6.04. The van der Waals surface area contributed by atoms with Gasteiger partial charge >= 0.3 is 0 Å². The first kappa shape index (κ1) is 24.7. The molecule has 1 N–H and O–H groups in total. The predicted molar refractivity (Wildman–Crippen MR) is 149 cm³/mol. The van der Waals surface area contributed by atoms with E-state index in [1.807, 2.05) is 43.3 Å². The van der Waals surface area contributed by atoms with E-state index in [0.717, 1.165) is 59.0 Å². The third-order valence-electron chi connectivity index (χ3n) is 7.71. The number of carbonyl (C=O) groups excluding carboxylic acids is 2. The van der Waals surface area contributed by atoms with Gasteiger partial charge in [0.1, 0.15) is 6.61 Å². The summed E-state index contributed by atoms with van der Waals surface area (Å²) in [7, 11) is 0. The molecule has 1 heterocycles. The third kappa shape index (κ3) is 4.39. The van der Waals surface area contributed by atoms with Gasteiger partial charge in [0.25, 0.3) is 0 Å². The highest BCUT2D eigenvalue weighted by Gasteiger charge is 2.40. The minimum Gasteiger partial charge on any atom is -0.490 e. The van der Waals surface area contributed by atoms with Crippen molar-refractivity contribution in [2.24, 2.45) is 0 Å². The number of allylic oxidation sites excluding steroid dienone is 4. The molecule has 2 aliphatic carbocycles. The van der Waals surface area contributed by atoms with E-state index < -0.39 is 5.92 Å². The molecule has 0 saturated carbocycles. The largest absolute Gasteiger partial charge is 0.490 e. The number of ketones is 2. The van der Waals surface area contributed by atoms with Crippen molar-refractivity contribution in [3.63, 3.8) is 0 Å². The van der Waals surface area contributed by atoms with Gasteiger partial charge in [-0.25, -0.2) is 0 Å². The molecule has 0 bridgehead atoms. The smallest absolute Gasteiger partial charge is 0.180 e. The molecule has 6 heteroatoms. The van der Waals surface area contributed by atoms with Crippen molar-refractivity contribution < 1.29 is 19.1 Å². The molecule has 1 aliphatic heterocycles. The Bertz CT molecular complexity index is 1470. The molecule has 0 radical (unpaired) electrons. The maximum atomic E-state index is 13.2. The Morgan fingerprint density at radius 2 is 1.55 bits per heavy atom. The summed E-state index contributed by atoms with van der Waals surface area (Å²) in [6.45, 7) is 2.67. The first-order chi connectivity index (χ1) is 18.5. The van der Waals surface area contributed by atoms with Gasteiger partial charge in [0.2, 0.25) is 0 Å². The van der Waals surface area contributed by atoms with Crippen LogP contribution in [0.3, 0.4) is 0 Å². The first-order valence-corrected chi connectivity index (χ1v) is 13.8. The third-order valence-corrected chi connectivity index (χ3v) is 7.99. The Morgan fingerprint density at radius 1 is 0.868 bits per heavy atom. The van der Waals surface area contributed by atoms with E-state index in [4.69, 9.17) is 21.1 Å². The molecule has 3 aromatic carbocycles. The second kappa shape index (κ2) is 10.3. The average Bonchev–Trinajstić information content (AvgIpc) is 2.92. The summed E-state index contributed by atoms with van der Waals surface area (Å²) >= 11 is 6.87. The number of dihydropyridines is 1. The molecule has 0 fully saturated rings. The number of rotatable bonds is 6. The number of nitrogens with one attached hydrogen (secondary N) is 1. The van der Waals surface area contributed by atoms with Crippen molar-refractivity contribution in [1.82, 2.24) is 5.32 Å². The number of hydrogen-bond donors (Lipinski definition) is 1. The standard InChI is InChI=1S/C32H30ClNO4/c1-2-37-28-17-21(16-23(33)32(28)38-18-20-10-5-9-19-8-3-4-11-22(19)20)29-30-24(12-6-14-26(30)35)34-25-13-7-15-27(36)31(25)29/h3-5,8-11,16-17,29,34H,2,6-7,12-15,18H2,1H3. The van der Waals surface area contributed by atoms with Crippen molar-refractivity contribution in [3.8, 4) is 11.5 Å². The van der Waals surface area contributed by atoms with Crippen molar-refractivity contribution in [2.75, 3.05) is 6.61 Å². The van der Waals surface area contributed by atoms with Crippen LogP contribution in [0.25, 0.3) is 10.8 Å². The summed E-state index contributed by atoms with van der Waals surface area (Å²) < 4.78 is 12.3. The molecule has 5 nitrogen and oxygen atoms in total. The molecule has 0 aromatic heterocycles. The maximum Gasteiger partial charge on any atom is 0.180 e. The zero-order valence-corrected chi connectivity index (χ0v) is 22.2. The molecule has 3 aliphatic rings. The van der Waals surface area contributed by atoms with Crippen LogP contribution in [-0.4, -0.2) is 18.2 Å². The minimum absolute atomic E-state index is 0.0963. The number of ether oxygens (including phenoxy) is 2. The number of Topliss-reactive ketones (excluding diaryl/α,β-unsaturated/α-hetero) is 2. The Balaban J connectivity index is 1.41. The summed E-state index contributed by atoms with van der Waals surface area (Å²) in [5.41, 5.74) is 5.15. The number of halogens is 1. The Kier molecular flexibility index (Phi) is 6.71. The van der Waals surface area contributed by atoms with Crippen molar-refractivity contribution >= 4 is 33.9 Å². The second-order valence-corrected chi connectivity index (χ2v) is 10.5. The fraction of sp³-hybridized carbons (Fsp3) is 0.312. The first-order valence-electron chi connectivity index (χ1n) is 13.4. The van der Waals surface area contributed by atoms with Gasteiger partial charge in [-0.3, -0.25) is 9.59 Å². The zero-order chi connectivity index (χ0) is 26.2. The summed E-state index contributed by atoms with van der Waals surface area (Å²) in [4.78, 5) is 26.4. The summed E-state index contributed by atoms with van der Waals surface area (Å²) in [5.74, 6) is 0.737. The van der Waals surface area contributed by atoms with Gasteiger partial charge in [-0.05, 0) is 66.6 Å². The Hall–Kier alpha value is -3.57. The van der Waals surface area contributed by atoms with Gasteiger partial charge in [0, 0.05) is 41.3 Å². The molecule has 0 spiro atoms. The van der Waals surface area contributed by atoms with Gasteiger partial charge in [-0.2, -0.15) is 0 Å². The van der Waals surface area contributed by atoms with Gasteiger partial charge in [0.15, 0.2) is 23.1 Å². The second-order valence-electron chi connectivity index (χ2n) is 10.1. The van der Waals surface area contributed by atoms with Crippen LogP contribution in [-0.2, 0) is 16.2 Å². The molecule has 3 aromatic rings. The normalized spacial score (nSPS) is 17.8. The summed E-state index contributed by atoms with van der Waals surface area (Å²) in [6, 6.07) is 18.1. The van der Waals surface area contributed by atoms with E-state index in [9.17, 15) is 9.59 Å². The lowest BCUT2D eigenvalue weighted by atomic mass is 9.71. The van der Waals surface area contributed by atoms with E-state index in [1.165, 1.54) is 0 Å².